The van der Waals surface area contributed by atoms with Crippen LogP contribution >= 0.6 is 0 Å². The quantitative estimate of drug-likeness (QED) is 0.899. The first-order valence-electron chi connectivity index (χ1n) is 7.02. The van der Waals surface area contributed by atoms with E-state index in [9.17, 15) is 5.11 Å². The summed E-state index contributed by atoms with van der Waals surface area (Å²) < 4.78 is 1.91. The van der Waals surface area contributed by atoms with E-state index in [1.165, 1.54) is 5.39 Å². The van der Waals surface area contributed by atoms with Gasteiger partial charge in [-0.15, -0.1) is 0 Å². The van der Waals surface area contributed by atoms with E-state index in [2.05, 4.69) is 31.1 Å². The summed E-state index contributed by atoms with van der Waals surface area (Å²) >= 11 is 0. The van der Waals surface area contributed by atoms with Gasteiger partial charge in [0, 0.05) is 18.9 Å². The van der Waals surface area contributed by atoms with E-state index < -0.39 is 5.60 Å². The summed E-state index contributed by atoms with van der Waals surface area (Å²) in [6, 6.07) is 8.24. The predicted molar refractivity (Wildman–Crippen MR) is 77.0 cm³/mol. The molecule has 0 saturated heterocycles. The Balaban J connectivity index is 1.94. The molecule has 3 heteroatoms. The number of rotatable bonds is 2. The van der Waals surface area contributed by atoms with Gasteiger partial charge in [-0.05, 0) is 30.7 Å². The average molecular weight is 258 g/mol. The number of aromatic nitrogens is 2. The van der Waals surface area contributed by atoms with E-state index in [-0.39, 0.29) is 5.41 Å². The molecular formula is C16H22N2O. The lowest BCUT2D eigenvalue weighted by Gasteiger charge is -2.24. The van der Waals surface area contributed by atoms with Gasteiger partial charge < -0.3 is 5.11 Å². The molecule has 0 radical (unpaired) electrons. The van der Waals surface area contributed by atoms with Crippen LogP contribution < -0.4 is 0 Å². The summed E-state index contributed by atoms with van der Waals surface area (Å²) in [5.74, 6) is 0. The van der Waals surface area contributed by atoms with Gasteiger partial charge in [0.1, 0.15) is 0 Å². The largest absolute Gasteiger partial charge is 0.389 e. The molecule has 2 aromatic rings. The van der Waals surface area contributed by atoms with E-state index in [4.69, 9.17) is 0 Å². The van der Waals surface area contributed by atoms with Gasteiger partial charge in [0.05, 0.1) is 16.8 Å². The van der Waals surface area contributed by atoms with Crippen LogP contribution in [0.15, 0.2) is 24.3 Å². The third kappa shape index (κ3) is 2.27. The van der Waals surface area contributed by atoms with Gasteiger partial charge >= 0.3 is 0 Å². The molecule has 1 aromatic carbocycles. The highest BCUT2D eigenvalue weighted by Gasteiger charge is 2.42. The highest BCUT2D eigenvalue weighted by atomic mass is 16.3. The van der Waals surface area contributed by atoms with Crippen molar-refractivity contribution in [2.24, 2.45) is 12.5 Å². The zero-order valence-electron chi connectivity index (χ0n) is 12.0. The highest BCUT2D eigenvalue weighted by molar-refractivity contribution is 5.81. The van der Waals surface area contributed by atoms with E-state index in [1.807, 2.05) is 23.9 Å². The number of aryl methyl sites for hydroxylation is 1. The summed E-state index contributed by atoms with van der Waals surface area (Å²) in [7, 11) is 1.97. The zero-order valence-corrected chi connectivity index (χ0v) is 12.0. The molecule has 1 N–H and O–H groups in total. The van der Waals surface area contributed by atoms with Crippen molar-refractivity contribution in [2.75, 3.05) is 0 Å². The number of nitrogens with zero attached hydrogens (tertiary/aromatic N) is 2. The zero-order chi connectivity index (χ0) is 13.7. The van der Waals surface area contributed by atoms with Crippen LogP contribution in [-0.2, 0) is 13.5 Å². The summed E-state index contributed by atoms with van der Waals surface area (Å²) in [5, 5.41) is 16.6. The van der Waals surface area contributed by atoms with Crippen LogP contribution in [0.3, 0.4) is 0 Å². The molecule has 1 unspecified atom stereocenters. The molecule has 1 saturated carbocycles. The van der Waals surface area contributed by atoms with Gasteiger partial charge in [-0.1, -0.05) is 32.0 Å². The molecule has 19 heavy (non-hydrogen) atoms. The summed E-state index contributed by atoms with van der Waals surface area (Å²) in [6.45, 7) is 4.48. The first kappa shape index (κ1) is 12.7. The fourth-order valence-corrected chi connectivity index (χ4v) is 3.52. The first-order valence-corrected chi connectivity index (χ1v) is 7.02. The van der Waals surface area contributed by atoms with Crippen molar-refractivity contribution in [1.82, 2.24) is 9.78 Å². The van der Waals surface area contributed by atoms with Crippen molar-refractivity contribution in [3.05, 3.63) is 30.0 Å². The lowest BCUT2D eigenvalue weighted by molar-refractivity contribution is 0.0371. The Morgan fingerprint density at radius 3 is 2.68 bits per heavy atom. The Morgan fingerprint density at radius 1 is 1.26 bits per heavy atom. The molecule has 1 fully saturated rings. The van der Waals surface area contributed by atoms with Crippen LogP contribution in [0.25, 0.3) is 10.9 Å². The topological polar surface area (TPSA) is 38.0 Å². The fourth-order valence-electron chi connectivity index (χ4n) is 3.52. The Morgan fingerprint density at radius 2 is 2.00 bits per heavy atom. The van der Waals surface area contributed by atoms with Gasteiger partial charge in [-0.3, -0.25) is 4.68 Å². The maximum Gasteiger partial charge on any atom is 0.0731 e. The maximum absolute atomic E-state index is 10.8. The number of para-hydroxylation sites is 1. The summed E-state index contributed by atoms with van der Waals surface area (Å²) in [4.78, 5) is 0. The van der Waals surface area contributed by atoms with Crippen LogP contribution in [0.5, 0.6) is 0 Å². The molecule has 1 aromatic heterocycles. The van der Waals surface area contributed by atoms with Crippen molar-refractivity contribution in [2.45, 2.75) is 45.1 Å². The lowest BCUT2D eigenvalue weighted by Crippen LogP contribution is -2.29. The smallest absolute Gasteiger partial charge is 0.0731 e. The van der Waals surface area contributed by atoms with Gasteiger partial charge in [0.15, 0.2) is 0 Å². The first-order chi connectivity index (χ1) is 8.89. The Bertz CT molecular complexity index is 614. The Kier molecular flexibility index (Phi) is 2.72. The van der Waals surface area contributed by atoms with Gasteiger partial charge in [-0.2, -0.15) is 5.10 Å². The molecule has 0 amide bonds. The minimum atomic E-state index is -0.583. The van der Waals surface area contributed by atoms with E-state index in [1.54, 1.807) is 0 Å². The molecule has 1 atom stereocenters. The second-order valence-electron chi connectivity index (χ2n) is 6.83. The third-order valence-electron chi connectivity index (χ3n) is 4.41. The van der Waals surface area contributed by atoms with Crippen molar-refractivity contribution >= 4 is 10.9 Å². The van der Waals surface area contributed by atoms with Crippen LogP contribution in [0.2, 0.25) is 0 Å². The number of benzene rings is 1. The van der Waals surface area contributed by atoms with E-state index in [0.717, 1.165) is 30.5 Å². The normalized spacial score (nSPS) is 26.1. The van der Waals surface area contributed by atoms with E-state index >= 15 is 0 Å². The molecular weight excluding hydrogens is 236 g/mol. The molecule has 1 heterocycles. The Labute approximate surface area is 114 Å². The maximum atomic E-state index is 10.8. The van der Waals surface area contributed by atoms with E-state index in [0.29, 0.717) is 6.42 Å². The Hall–Kier alpha value is -1.35. The molecule has 3 rings (SSSR count). The van der Waals surface area contributed by atoms with Crippen LogP contribution in [0, 0.1) is 5.41 Å². The fraction of sp³-hybridized carbons (Fsp3) is 0.562. The van der Waals surface area contributed by atoms with Crippen molar-refractivity contribution in [3.63, 3.8) is 0 Å². The molecule has 1 aliphatic carbocycles. The third-order valence-corrected chi connectivity index (χ3v) is 4.41. The second kappa shape index (κ2) is 4.07. The standard InChI is InChI=1S/C16H22N2O/c1-15(2)8-9-16(19,11-15)10-13-12-6-4-5-7-14(12)18(3)17-13/h4-7,19H,8-11H2,1-3H3. The molecule has 0 spiro atoms. The number of hydrogen-bond acceptors (Lipinski definition) is 2. The summed E-state index contributed by atoms with van der Waals surface area (Å²) in [6.07, 6.45) is 3.50. The van der Waals surface area contributed by atoms with Crippen LogP contribution in [-0.4, -0.2) is 20.5 Å². The molecule has 1 aliphatic rings. The number of aliphatic hydroxyl groups is 1. The van der Waals surface area contributed by atoms with Gasteiger partial charge in [0.25, 0.3) is 0 Å². The van der Waals surface area contributed by atoms with Crippen LogP contribution in [0.4, 0.5) is 0 Å². The second-order valence-corrected chi connectivity index (χ2v) is 6.83. The van der Waals surface area contributed by atoms with Crippen molar-refractivity contribution < 1.29 is 5.11 Å². The molecule has 0 bridgehead atoms. The lowest BCUT2D eigenvalue weighted by atomic mass is 9.87. The predicted octanol–water partition coefficient (Wildman–Crippen LogP) is 3.06. The number of hydrogen-bond donors (Lipinski definition) is 1. The average Bonchev–Trinajstić information content (AvgIpc) is 2.78. The molecule has 3 nitrogen and oxygen atoms in total. The number of fused-ring (bicyclic) bond motifs is 1. The SMILES string of the molecule is Cn1nc(CC2(O)CCC(C)(C)C2)c2ccccc21. The monoisotopic (exact) mass is 258 g/mol. The molecule has 0 aliphatic heterocycles. The molecule has 102 valence electrons. The van der Waals surface area contributed by atoms with Gasteiger partial charge in [0.2, 0.25) is 0 Å². The minimum absolute atomic E-state index is 0.249. The minimum Gasteiger partial charge on any atom is -0.389 e. The van der Waals surface area contributed by atoms with Crippen molar-refractivity contribution in [1.29, 1.82) is 0 Å². The van der Waals surface area contributed by atoms with Crippen molar-refractivity contribution in [3.8, 4) is 0 Å². The highest BCUT2D eigenvalue weighted by Crippen LogP contribution is 2.45. The van der Waals surface area contributed by atoms with Crippen LogP contribution in [0.1, 0.15) is 38.8 Å². The van der Waals surface area contributed by atoms with Gasteiger partial charge in [-0.25, -0.2) is 0 Å². The summed E-state index contributed by atoms with van der Waals surface area (Å²) in [5.41, 5.74) is 1.83.